The molecule has 24 nitrogen and oxygen atoms in total. The number of allylic oxidation sites excluding steroid dienone is 1. The van der Waals surface area contributed by atoms with Crippen LogP contribution in [-0.2, 0) is 50.1 Å². The van der Waals surface area contributed by atoms with E-state index in [1.807, 2.05) is 93.9 Å². The van der Waals surface area contributed by atoms with E-state index in [2.05, 4.69) is 20.1 Å². The number of hydrogen-bond acceptors (Lipinski definition) is 17. The van der Waals surface area contributed by atoms with Crippen LogP contribution in [0.5, 0.6) is 11.5 Å². The van der Waals surface area contributed by atoms with Crippen molar-refractivity contribution in [1.29, 1.82) is 0 Å². The molecule has 506 valence electrons. The number of phenolic OH excluding ortho intramolecular Hbond substituents is 2. The summed E-state index contributed by atoms with van der Waals surface area (Å²) in [5.74, 6) is -2.64. The number of carboxylic acid groups (broad SMARTS) is 2. The fourth-order valence-corrected chi connectivity index (χ4v) is 11.9. The highest BCUT2D eigenvalue weighted by Crippen LogP contribution is 2.34. The van der Waals surface area contributed by atoms with E-state index in [1.54, 1.807) is 58.2 Å². The molecule has 0 spiro atoms. The summed E-state index contributed by atoms with van der Waals surface area (Å²) < 4.78 is 47.2. The van der Waals surface area contributed by atoms with Gasteiger partial charge in [-0.2, -0.15) is 15.1 Å². The maximum Gasteiger partial charge on any atom is 0.338 e. The van der Waals surface area contributed by atoms with Crippen LogP contribution in [-0.4, -0.2) is 111 Å². The van der Waals surface area contributed by atoms with E-state index in [0.717, 1.165) is 54.9 Å². The second kappa shape index (κ2) is 30.3. The molecule has 9 aromatic rings. The minimum Gasteiger partial charge on any atom is -0.507 e. The van der Waals surface area contributed by atoms with Gasteiger partial charge in [-0.15, -0.1) is 0 Å². The topological polar surface area (TPSA) is 329 Å². The zero-order chi connectivity index (χ0) is 70.9. The van der Waals surface area contributed by atoms with Crippen LogP contribution in [0.1, 0.15) is 120 Å². The molecule has 4 heterocycles. The van der Waals surface area contributed by atoms with E-state index in [-0.39, 0.29) is 57.1 Å². The number of carboxylic acids is 2. The molecule has 0 fully saturated rings. The minimum absolute atomic E-state index is 0.0742. The third-order valence-electron chi connectivity index (χ3n) is 16.1. The van der Waals surface area contributed by atoms with Gasteiger partial charge in [0.1, 0.15) is 17.5 Å². The summed E-state index contributed by atoms with van der Waals surface area (Å²) in [5, 5.41) is 51.6. The number of sulfonamides is 1. The Morgan fingerprint density at radius 3 is 1.91 bits per heavy atom. The largest absolute Gasteiger partial charge is 0.507 e. The van der Waals surface area contributed by atoms with Crippen molar-refractivity contribution >= 4 is 85.7 Å². The molecule has 11 rings (SSSR count). The molecule has 0 aliphatic carbocycles. The number of oxime groups is 1. The number of anilines is 2. The molecule has 2 aliphatic heterocycles. The Morgan fingerprint density at radius 1 is 0.714 bits per heavy atom. The number of ether oxygens (including phenoxy) is 3. The molecular weight excluding hydrogens is 1280 g/mol. The lowest BCUT2D eigenvalue weighted by Gasteiger charge is -2.12. The fourth-order valence-electron chi connectivity index (χ4n) is 10.8. The average molecular weight is 1350 g/mol. The van der Waals surface area contributed by atoms with Crippen molar-refractivity contribution in [3.63, 3.8) is 0 Å². The number of methoxy groups -OCH3 is 2. The zero-order valence-corrected chi connectivity index (χ0v) is 55.9. The maximum absolute atomic E-state index is 13.1. The molecule has 0 bridgehead atoms. The molecule has 1 amide bonds. The molecule has 2 aromatic heterocycles. The molecule has 0 saturated carbocycles. The van der Waals surface area contributed by atoms with Crippen molar-refractivity contribution in [2.75, 3.05) is 30.6 Å². The van der Waals surface area contributed by atoms with Gasteiger partial charge in [0.2, 0.25) is 5.76 Å². The molecule has 7 aromatic carbocycles. The fraction of sp³-hybridized carbons (Fsp3) is 0.205. The van der Waals surface area contributed by atoms with Crippen LogP contribution in [0.3, 0.4) is 0 Å². The highest BCUT2D eigenvalue weighted by molar-refractivity contribution is 7.92. The van der Waals surface area contributed by atoms with E-state index in [0.29, 0.717) is 64.2 Å². The Labute approximate surface area is 563 Å². The molecule has 25 heteroatoms. The molecule has 98 heavy (non-hydrogen) atoms. The number of aromatic nitrogens is 3. The number of nitrogens with one attached hydrogen (secondary N) is 2. The Hall–Kier alpha value is -11.8. The van der Waals surface area contributed by atoms with Crippen LogP contribution in [0.15, 0.2) is 183 Å². The highest BCUT2D eigenvalue weighted by atomic mass is 32.2. The van der Waals surface area contributed by atoms with E-state index in [4.69, 9.17) is 34.3 Å². The van der Waals surface area contributed by atoms with Gasteiger partial charge in [0.15, 0.2) is 5.71 Å². The molecular formula is C73H71N7O17S. The number of H-pyrrole nitrogens is 1. The summed E-state index contributed by atoms with van der Waals surface area (Å²) in [6.07, 6.45) is 6.02. The summed E-state index contributed by atoms with van der Waals surface area (Å²) in [5.41, 5.74) is 10.7. The van der Waals surface area contributed by atoms with Crippen molar-refractivity contribution in [2.45, 2.75) is 85.3 Å². The molecule has 2 aliphatic rings. The number of nitrogens with zero attached hydrogens (tertiary/aromatic N) is 5. The monoisotopic (exact) mass is 1350 g/mol. The number of esters is 2. The first-order valence-electron chi connectivity index (χ1n) is 30.6. The predicted octanol–water partition coefficient (Wildman–Crippen LogP) is 12.1. The van der Waals surface area contributed by atoms with Gasteiger partial charge in [0.05, 0.1) is 69.6 Å². The number of benzene rings is 7. The number of fused-ring (bicyclic) bond motifs is 1. The smallest absolute Gasteiger partial charge is 0.338 e. The Kier molecular flexibility index (Phi) is 21.8. The Morgan fingerprint density at radius 2 is 1.32 bits per heavy atom. The third kappa shape index (κ3) is 16.1. The van der Waals surface area contributed by atoms with Crippen LogP contribution in [0.25, 0.3) is 28.7 Å². The number of hydrazone groups is 1. The molecule has 0 radical (unpaired) electrons. The first kappa shape index (κ1) is 70.5. The van der Waals surface area contributed by atoms with Gasteiger partial charge < -0.3 is 39.2 Å². The van der Waals surface area contributed by atoms with Crippen LogP contribution >= 0.6 is 0 Å². The number of phenols is 2. The number of aryl methyl sites for hydroxylation is 5. The maximum atomic E-state index is 13.1. The number of para-hydroxylation sites is 1. The molecule has 6 N–H and O–H groups in total. The van der Waals surface area contributed by atoms with Gasteiger partial charge >= 0.3 is 23.9 Å². The number of carbonyl (C=O) groups excluding carboxylic acids is 3. The summed E-state index contributed by atoms with van der Waals surface area (Å²) in [6.45, 7) is 14.9. The van der Waals surface area contributed by atoms with Gasteiger partial charge in [-0.05, 0) is 180 Å². The number of aromatic carboxylic acids is 2. The second-order valence-corrected chi connectivity index (χ2v) is 24.9. The molecule has 0 saturated heterocycles. The van der Waals surface area contributed by atoms with E-state index >= 15 is 0 Å². The van der Waals surface area contributed by atoms with Crippen molar-refractivity contribution in [1.82, 2.24) is 14.3 Å². The number of amides is 1. The third-order valence-corrected chi connectivity index (χ3v) is 17.5. The lowest BCUT2D eigenvalue weighted by molar-refractivity contribution is -0.241. The lowest BCUT2D eigenvalue weighted by atomic mass is 9.96. The molecule has 2 unspecified atom stereocenters. The van der Waals surface area contributed by atoms with Crippen LogP contribution < -0.4 is 15.3 Å². The number of hydrogen-bond donors (Lipinski definition) is 6. The quantitative estimate of drug-likeness (QED) is 0.0249. The van der Waals surface area contributed by atoms with Crippen LogP contribution in [0.4, 0.5) is 11.4 Å². The van der Waals surface area contributed by atoms with Gasteiger partial charge in [-0.3, -0.25) is 24.3 Å². The number of aromatic hydroxyl groups is 2. The Balaban J connectivity index is 0.000000187. The van der Waals surface area contributed by atoms with Crippen LogP contribution in [0, 0.1) is 34.6 Å². The zero-order valence-electron chi connectivity index (χ0n) is 55.1. The van der Waals surface area contributed by atoms with Gasteiger partial charge in [0.25, 0.3) is 21.5 Å². The standard InChI is InChI=1S/C33H33N3O9S.C23H18N4O6.C17H20O2/c1-21(41-3)16-17-43-33(38)24-8-7-9-27(18-24)46(39,40)35-26-14-12-23(13-15-26)31-30(44-45-34-31)19-25-20-36(22(2)32(37)42-4)29-11-6-5-10-28(25)29;1-12-18(20(28)26(24-12)16-7-3-14(4-8-16)22(30)31)11-19-13(2)25-27(21(19)29)17-9-5-15(6-10-17)23(32)33;1-10-5-12(3)16(18)14(7-10)9-15-8-11(2)6-13(4)17(15)19/h5-15,18-22,35H,16-17H2,1-4H3;3-11,24H,1-2H3,(H,30,31)(H,32,33);5-8,18-19H,9H2,1-4H3. The second-order valence-electron chi connectivity index (χ2n) is 23.2. The predicted molar refractivity (Wildman–Crippen MR) is 368 cm³/mol. The number of rotatable bonds is 19. The first-order chi connectivity index (χ1) is 46.7. The van der Waals surface area contributed by atoms with Crippen molar-refractivity contribution in [2.24, 2.45) is 10.3 Å². The average Bonchev–Trinajstić information content (AvgIpc) is 1.63. The van der Waals surface area contributed by atoms with E-state index < -0.39 is 45.4 Å². The summed E-state index contributed by atoms with van der Waals surface area (Å²) in [6, 6.07) is 38.5. The summed E-state index contributed by atoms with van der Waals surface area (Å²) in [7, 11) is -1.11. The van der Waals surface area contributed by atoms with Gasteiger partial charge in [-0.1, -0.05) is 71.8 Å². The van der Waals surface area contributed by atoms with E-state index in [9.17, 15) is 47.4 Å². The van der Waals surface area contributed by atoms with Gasteiger partial charge in [-0.25, -0.2) is 32.3 Å². The van der Waals surface area contributed by atoms with Gasteiger partial charge in [0, 0.05) is 59.6 Å². The highest BCUT2D eigenvalue weighted by Gasteiger charge is 2.31. The summed E-state index contributed by atoms with van der Waals surface area (Å²) in [4.78, 5) is 83.0. The number of carbonyl (C=O) groups is 5. The number of aromatic amines is 1. The lowest BCUT2D eigenvalue weighted by Crippen LogP contribution is -2.22. The van der Waals surface area contributed by atoms with Crippen molar-refractivity contribution in [3.05, 3.63) is 246 Å². The van der Waals surface area contributed by atoms with Crippen molar-refractivity contribution < 1.29 is 76.9 Å². The minimum atomic E-state index is -4.03. The Bertz CT molecular complexity index is 4810. The SMILES string of the molecule is CC1=NN(c2ccc(C(=O)O)cc2)C(=O)C1=Cc1c(C)[nH]n(-c2ccc(C(=O)O)cc2)c1=O.COC(=O)C(C)n1cc(C=C2OON=C2c2ccc(NS(=O)(=O)c3cccc(C(=O)OCCC(C)OC)c3)cc2)c2ccccc21.Cc1cc(C)c(O)c(Cc2cc(C)cc(C)c2O)c1. The molecule has 2 atom stereocenters. The van der Waals surface area contributed by atoms with Crippen LogP contribution in [0.2, 0.25) is 0 Å². The van der Waals surface area contributed by atoms with E-state index in [1.165, 1.54) is 90.7 Å². The first-order valence-corrected chi connectivity index (χ1v) is 32.1. The summed E-state index contributed by atoms with van der Waals surface area (Å²) >= 11 is 0. The normalized spacial score (nSPS) is 14.1. The van der Waals surface area contributed by atoms with Crippen molar-refractivity contribution in [3.8, 4) is 17.2 Å².